The molecule has 4 heteroatoms. The number of hydrogen-bond acceptors (Lipinski definition) is 3. The second-order valence-corrected chi connectivity index (χ2v) is 3.56. The summed E-state index contributed by atoms with van der Waals surface area (Å²) < 4.78 is 0. The maximum Gasteiger partial charge on any atom is 0.0539 e. The lowest BCUT2D eigenvalue weighted by Crippen LogP contribution is -2.00. The molecule has 0 spiro atoms. The first kappa shape index (κ1) is 9.71. The van der Waals surface area contributed by atoms with E-state index in [0.29, 0.717) is 0 Å². The molecule has 78 valence electrons. The Balaban J connectivity index is 1.99. The lowest BCUT2D eigenvalue weighted by Gasteiger charge is -2.04. The van der Waals surface area contributed by atoms with Gasteiger partial charge in [0.2, 0.25) is 0 Å². The van der Waals surface area contributed by atoms with Gasteiger partial charge < -0.3 is 5.32 Å². The van der Waals surface area contributed by atoms with Gasteiger partial charge in [0.25, 0.3) is 0 Å². The van der Waals surface area contributed by atoms with Gasteiger partial charge in [-0.05, 0) is 26.0 Å². The Labute approximate surface area is 88.8 Å². The third kappa shape index (κ3) is 2.34. The number of hydrogen-bond donors (Lipinski definition) is 2. The van der Waals surface area contributed by atoms with Gasteiger partial charge in [-0.25, -0.2) is 0 Å². The second kappa shape index (κ2) is 4.13. The van der Waals surface area contributed by atoms with E-state index in [1.807, 2.05) is 38.4 Å². The van der Waals surface area contributed by atoms with Crippen LogP contribution < -0.4 is 5.32 Å². The van der Waals surface area contributed by atoms with Crippen molar-refractivity contribution in [2.45, 2.75) is 20.4 Å². The number of nitrogens with zero attached hydrogens (tertiary/aromatic N) is 2. The van der Waals surface area contributed by atoms with E-state index >= 15 is 0 Å². The van der Waals surface area contributed by atoms with Crippen molar-refractivity contribution in [3.8, 4) is 0 Å². The second-order valence-electron chi connectivity index (χ2n) is 3.56. The number of aromatic amines is 1. The zero-order valence-electron chi connectivity index (χ0n) is 8.91. The minimum absolute atomic E-state index is 0.771. The predicted octanol–water partition coefficient (Wildman–Crippen LogP) is 2.03. The third-order valence-electron chi connectivity index (χ3n) is 2.33. The smallest absolute Gasteiger partial charge is 0.0539 e. The normalized spacial score (nSPS) is 10.3. The highest BCUT2D eigenvalue weighted by atomic mass is 15.1. The average Bonchev–Trinajstić information content (AvgIpc) is 2.63. The number of rotatable bonds is 3. The minimum Gasteiger partial charge on any atom is -0.380 e. The van der Waals surface area contributed by atoms with Crippen LogP contribution in [0.25, 0.3) is 0 Å². The minimum atomic E-state index is 0.771. The third-order valence-corrected chi connectivity index (χ3v) is 2.33. The molecule has 2 aromatic heterocycles. The van der Waals surface area contributed by atoms with E-state index < -0.39 is 0 Å². The van der Waals surface area contributed by atoms with Gasteiger partial charge in [-0.15, -0.1) is 0 Å². The molecule has 2 heterocycles. The molecular weight excluding hydrogens is 188 g/mol. The number of nitrogens with one attached hydrogen (secondary N) is 2. The Morgan fingerprint density at radius 3 is 2.73 bits per heavy atom. The molecule has 0 amide bonds. The van der Waals surface area contributed by atoms with Crippen molar-refractivity contribution in [1.82, 2.24) is 15.2 Å². The van der Waals surface area contributed by atoms with E-state index in [2.05, 4.69) is 20.5 Å². The molecule has 0 aliphatic heterocycles. The lowest BCUT2D eigenvalue weighted by atomic mass is 10.2. The summed E-state index contributed by atoms with van der Waals surface area (Å²) in [4.78, 5) is 4.22. The molecule has 0 aliphatic rings. The van der Waals surface area contributed by atoms with Gasteiger partial charge in [-0.3, -0.25) is 10.1 Å². The van der Waals surface area contributed by atoms with Crippen molar-refractivity contribution in [2.75, 3.05) is 5.32 Å². The number of anilines is 1. The largest absolute Gasteiger partial charge is 0.380 e. The zero-order chi connectivity index (χ0) is 10.7. The summed E-state index contributed by atoms with van der Waals surface area (Å²) in [5, 5.41) is 10.2. The van der Waals surface area contributed by atoms with Crippen LogP contribution >= 0.6 is 0 Å². The Morgan fingerprint density at radius 1 is 1.27 bits per heavy atom. The van der Waals surface area contributed by atoms with Gasteiger partial charge in [0.05, 0.1) is 18.1 Å². The van der Waals surface area contributed by atoms with E-state index in [1.54, 1.807) is 0 Å². The highest BCUT2D eigenvalue weighted by Crippen LogP contribution is 2.09. The van der Waals surface area contributed by atoms with Crippen LogP contribution in [0.3, 0.4) is 0 Å². The van der Waals surface area contributed by atoms with Crippen LogP contribution in [0.5, 0.6) is 0 Å². The number of pyridine rings is 1. The van der Waals surface area contributed by atoms with Gasteiger partial charge in [-0.1, -0.05) is 0 Å². The van der Waals surface area contributed by atoms with Gasteiger partial charge in [-0.2, -0.15) is 5.10 Å². The summed E-state index contributed by atoms with van der Waals surface area (Å²) in [5.41, 5.74) is 4.33. The first-order valence-electron chi connectivity index (χ1n) is 4.91. The molecule has 2 N–H and O–H groups in total. The fraction of sp³-hybridized carbons (Fsp3) is 0.273. The molecule has 0 saturated carbocycles. The Morgan fingerprint density at radius 2 is 2.13 bits per heavy atom. The van der Waals surface area contributed by atoms with Gasteiger partial charge in [0, 0.05) is 23.5 Å². The van der Waals surface area contributed by atoms with Gasteiger partial charge in [0.15, 0.2) is 0 Å². The molecule has 0 unspecified atom stereocenters. The van der Waals surface area contributed by atoms with E-state index in [0.717, 1.165) is 23.6 Å². The molecule has 0 aromatic carbocycles. The summed E-state index contributed by atoms with van der Waals surface area (Å²) in [6.07, 6.45) is 3.68. The van der Waals surface area contributed by atoms with E-state index in [4.69, 9.17) is 0 Å². The standard InChI is InChI=1S/C11H14N4/c1-8-3-4-11(7-12-8)13-5-10-6-14-15-9(10)2/h3-4,6-7,13H,5H2,1-2H3,(H,14,15). The van der Waals surface area contributed by atoms with Crippen LogP contribution in [0.4, 0.5) is 5.69 Å². The summed E-state index contributed by atoms with van der Waals surface area (Å²) in [7, 11) is 0. The van der Waals surface area contributed by atoms with Crippen molar-refractivity contribution in [1.29, 1.82) is 0 Å². The summed E-state index contributed by atoms with van der Waals surface area (Å²) in [6.45, 7) is 4.76. The molecule has 0 radical (unpaired) electrons. The van der Waals surface area contributed by atoms with Crippen molar-refractivity contribution in [3.63, 3.8) is 0 Å². The van der Waals surface area contributed by atoms with Crippen molar-refractivity contribution >= 4 is 5.69 Å². The van der Waals surface area contributed by atoms with Crippen molar-refractivity contribution < 1.29 is 0 Å². The van der Waals surface area contributed by atoms with E-state index in [1.165, 1.54) is 5.56 Å². The molecule has 0 aliphatic carbocycles. The van der Waals surface area contributed by atoms with Crippen LogP contribution in [0, 0.1) is 13.8 Å². The summed E-state index contributed by atoms with van der Waals surface area (Å²) >= 11 is 0. The number of aromatic nitrogens is 3. The molecule has 0 saturated heterocycles. The zero-order valence-corrected chi connectivity index (χ0v) is 8.91. The molecule has 0 bridgehead atoms. The molecule has 4 nitrogen and oxygen atoms in total. The molecule has 2 aromatic rings. The van der Waals surface area contributed by atoms with E-state index in [9.17, 15) is 0 Å². The molecule has 0 atom stereocenters. The van der Waals surface area contributed by atoms with Gasteiger partial charge in [0.1, 0.15) is 0 Å². The Kier molecular flexibility index (Phi) is 2.67. The molecule has 2 rings (SSSR count). The van der Waals surface area contributed by atoms with Crippen LogP contribution in [0.2, 0.25) is 0 Å². The first-order chi connectivity index (χ1) is 7.25. The first-order valence-corrected chi connectivity index (χ1v) is 4.91. The predicted molar refractivity (Wildman–Crippen MR) is 59.6 cm³/mol. The fourth-order valence-corrected chi connectivity index (χ4v) is 1.32. The maximum absolute atomic E-state index is 4.22. The van der Waals surface area contributed by atoms with Crippen LogP contribution in [0.1, 0.15) is 17.0 Å². The van der Waals surface area contributed by atoms with E-state index in [-0.39, 0.29) is 0 Å². The number of H-pyrrole nitrogens is 1. The highest BCUT2D eigenvalue weighted by molar-refractivity contribution is 5.41. The SMILES string of the molecule is Cc1ccc(NCc2cn[nH]c2C)cn1. The van der Waals surface area contributed by atoms with Crippen LogP contribution in [-0.2, 0) is 6.54 Å². The Hall–Kier alpha value is -1.84. The van der Waals surface area contributed by atoms with Crippen LogP contribution in [0.15, 0.2) is 24.5 Å². The summed E-state index contributed by atoms with van der Waals surface area (Å²) in [6, 6.07) is 4.02. The lowest BCUT2D eigenvalue weighted by molar-refractivity contribution is 1.04. The van der Waals surface area contributed by atoms with Crippen molar-refractivity contribution in [2.24, 2.45) is 0 Å². The van der Waals surface area contributed by atoms with Gasteiger partial charge >= 0.3 is 0 Å². The fourth-order valence-electron chi connectivity index (χ4n) is 1.32. The average molecular weight is 202 g/mol. The molecular formula is C11H14N4. The Bertz CT molecular complexity index is 430. The van der Waals surface area contributed by atoms with Crippen LogP contribution in [-0.4, -0.2) is 15.2 Å². The maximum atomic E-state index is 4.22. The molecule has 0 fully saturated rings. The quantitative estimate of drug-likeness (QED) is 0.800. The topological polar surface area (TPSA) is 53.6 Å². The monoisotopic (exact) mass is 202 g/mol. The summed E-state index contributed by atoms with van der Waals surface area (Å²) in [5.74, 6) is 0. The highest BCUT2D eigenvalue weighted by Gasteiger charge is 1.99. The van der Waals surface area contributed by atoms with Crippen molar-refractivity contribution in [3.05, 3.63) is 41.5 Å². The number of aryl methyl sites for hydroxylation is 2. The molecule has 15 heavy (non-hydrogen) atoms.